The van der Waals surface area contributed by atoms with Gasteiger partial charge >= 0.3 is 6.09 Å². The molecule has 2 saturated heterocycles. The van der Waals surface area contributed by atoms with Gasteiger partial charge in [-0.15, -0.1) is 0 Å². The Morgan fingerprint density at radius 3 is 2.55 bits per heavy atom. The molecule has 4 nitrogen and oxygen atoms in total. The second kappa shape index (κ2) is 6.49. The Kier molecular flexibility index (Phi) is 4.93. The summed E-state index contributed by atoms with van der Waals surface area (Å²) >= 11 is 0. The minimum absolute atomic E-state index is 0.0347. The van der Waals surface area contributed by atoms with Crippen molar-refractivity contribution in [3.63, 3.8) is 0 Å². The van der Waals surface area contributed by atoms with E-state index in [0.717, 1.165) is 39.0 Å². The van der Waals surface area contributed by atoms with E-state index in [1.807, 2.05) is 20.8 Å². The molecule has 20 heavy (non-hydrogen) atoms. The summed E-state index contributed by atoms with van der Waals surface area (Å²) in [4.78, 5) is 16.3. The molecular formula is C16H26N2O2. The fourth-order valence-electron chi connectivity index (χ4n) is 2.67. The first-order valence-corrected chi connectivity index (χ1v) is 7.66. The highest BCUT2D eigenvalue weighted by atomic mass is 16.6. The Morgan fingerprint density at radius 2 is 1.90 bits per heavy atom. The number of amides is 1. The van der Waals surface area contributed by atoms with Crippen LogP contribution in [0.3, 0.4) is 0 Å². The third kappa shape index (κ3) is 4.42. The highest BCUT2D eigenvalue weighted by molar-refractivity contribution is 5.69. The molecule has 4 heteroatoms. The maximum absolute atomic E-state index is 12.1. The lowest BCUT2D eigenvalue weighted by Gasteiger charge is -2.26. The number of carbonyl (C=O) groups excluding carboxylic acids is 1. The third-order valence-electron chi connectivity index (χ3n) is 3.65. The lowest BCUT2D eigenvalue weighted by atomic mass is 10.2. The van der Waals surface area contributed by atoms with Gasteiger partial charge in [-0.25, -0.2) is 4.79 Å². The molecule has 0 aromatic rings. The summed E-state index contributed by atoms with van der Waals surface area (Å²) in [5.41, 5.74) is -0.437. The van der Waals surface area contributed by atoms with E-state index < -0.39 is 5.60 Å². The molecule has 1 amide bonds. The van der Waals surface area contributed by atoms with Crippen LogP contribution in [0.2, 0.25) is 0 Å². The molecule has 2 heterocycles. The molecule has 0 saturated carbocycles. The summed E-state index contributed by atoms with van der Waals surface area (Å²) in [6.07, 6.45) is 4.33. The SMILES string of the molecule is CC(C)(C)OC(=O)N1CCC[C@H]1C#CCN1CCCC1. The number of rotatable bonds is 1. The highest BCUT2D eigenvalue weighted by Crippen LogP contribution is 2.20. The van der Waals surface area contributed by atoms with Gasteiger partial charge in [-0.2, -0.15) is 0 Å². The van der Waals surface area contributed by atoms with Crippen LogP contribution < -0.4 is 0 Å². The zero-order valence-corrected chi connectivity index (χ0v) is 12.9. The Labute approximate surface area is 122 Å². The maximum atomic E-state index is 12.1. The zero-order valence-electron chi connectivity index (χ0n) is 12.9. The molecule has 0 aliphatic carbocycles. The van der Waals surface area contributed by atoms with E-state index in [1.165, 1.54) is 12.8 Å². The van der Waals surface area contributed by atoms with Crippen LogP contribution in [0.4, 0.5) is 4.79 Å². The van der Waals surface area contributed by atoms with Gasteiger partial charge in [0, 0.05) is 6.54 Å². The van der Waals surface area contributed by atoms with Gasteiger partial charge in [-0.1, -0.05) is 11.8 Å². The van der Waals surface area contributed by atoms with Crippen LogP contribution in [0.5, 0.6) is 0 Å². The van der Waals surface area contributed by atoms with E-state index in [9.17, 15) is 4.79 Å². The lowest BCUT2D eigenvalue weighted by molar-refractivity contribution is 0.0261. The standard InChI is InChI=1S/C16H26N2O2/c1-16(2,3)20-15(19)18-13-7-9-14(18)8-6-12-17-10-4-5-11-17/h14H,4-5,7,9-13H2,1-3H3/t14-/m1/s1. The summed E-state index contributed by atoms with van der Waals surface area (Å²) in [6, 6.07) is 0.0347. The normalized spacial score (nSPS) is 23.6. The second-order valence-electron chi connectivity index (χ2n) is 6.64. The smallest absolute Gasteiger partial charge is 0.411 e. The summed E-state index contributed by atoms with van der Waals surface area (Å²) in [5.74, 6) is 6.50. The Hall–Kier alpha value is -1.21. The van der Waals surface area contributed by atoms with Gasteiger partial charge in [0.2, 0.25) is 0 Å². The fourth-order valence-corrected chi connectivity index (χ4v) is 2.67. The van der Waals surface area contributed by atoms with Crippen LogP contribution >= 0.6 is 0 Å². The van der Waals surface area contributed by atoms with Crippen LogP contribution in [-0.4, -0.2) is 53.7 Å². The summed E-state index contributed by atoms with van der Waals surface area (Å²) in [6.45, 7) is 9.61. The molecule has 0 N–H and O–H groups in total. The number of carbonyl (C=O) groups is 1. The molecule has 2 aliphatic rings. The van der Waals surface area contributed by atoms with Crippen molar-refractivity contribution < 1.29 is 9.53 Å². The zero-order chi connectivity index (χ0) is 14.6. The van der Waals surface area contributed by atoms with E-state index >= 15 is 0 Å². The van der Waals surface area contributed by atoms with Crippen molar-refractivity contribution in [2.24, 2.45) is 0 Å². The Morgan fingerprint density at radius 1 is 1.20 bits per heavy atom. The van der Waals surface area contributed by atoms with Crippen molar-refractivity contribution in [2.45, 2.75) is 58.1 Å². The molecular weight excluding hydrogens is 252 g/mol. The molecule has 0 bridgehead atoms. The van der Waals surface area contributed by atoms with E-state index in [1.54, 1.807) is 4.90 Å². The average molecular weight is 278 g/mol. The predicted molar refractivity (Wildman–Crippen MR) is 79.4 cm³/mol. The number of likely N-dealkylation sites (tertiary alicyclic amines) is 2. The van der Waals surface area contributed by atoms with Gasteiger partial charge in [0.05, 0.1) is 12.6 Å². The average Bonchev–Trinajstić information content (AvgIpc) is 2.97. The fraction of sp³-hybridized carbons (Fsp3) is 0.812. The van der Waals surface area contributed by atoms with E-state index in [-0.39, 0.29) is 12.1 Å². The number of hydrogen-bond acceptors (Lipinski definition) is 3. The van der Waals surface area contributed by atoms with Crippen molar-refractivity contribution in [3.05, 3.63) is 0 Å². The van der Waals surface area contributed by atoms with Gasteiger partial charge in [0.1, 0.15) is 5.60 Å². The summed E-state index contributed by atoms with van der Waals surface area (Å²) < 4.78 is 5.44. The number of ether oxygens (including phenoxy) is 1. The minimum Gasteiger partial charge on any atom is -0.444 e. The summed E-state index contributed by atoms with van der Waals surface area (Å²) in [5, 5.41) is 0. The van der Waals surface area contributed by atoms with Gasteiger partial charge in [-0.05, 0) is 59.5 Å². The van der Waals surface area contributed by atoms with Crippen molar-refractivity contribution >= 4 is 6.09 Å². The van der Waals surface area contributed by atoms with Crippen molar-refractivity contribution in [1.82, 2.24) is 9.80 Å². The van der Waals surface area contributed by atoms with Gasteiger partial charge in [0.15, 0.2) is 0 Å². The molecule has 1 atom stereocenters. The monoisotopic (exact) mass is 278 g/mol. The largest absolute Gasteiger partial charge is 0.444 e. The van der Waals surface area contributed by atoms with Crippen molar-refractivity contribution in [3.8, 4) is 11.8 Å². The van der Waals surface area contributed by atoms with Crippen molar-refractivity contribution in [1.29, 1.82) is 0 Å². The summed E-state index contributed by atoms with van der Waals surface area (Å²) in [7, 11) is 0. The first-order valence-electron chi connectivity index (χ1n) is 7.66. The van der Waals surface area contributed by atoms with Crippen LogP contribution in [-0.2, 0) is 4.74 Å². The van der Waals surface area contributed by atoms with E-state index in [4.69, 9.17) is 4.74 Å². The van der Waals surface area contributed by atoms with Crippen LogP contribution in [0, 0.1) is 11.8 Å². The van der Waals surface area contributed by atoms with Gasteiger partial charge < -0.3 is 4.74 Å². The quantitative estimate of drug-likeness (QED) is 0.691. The van der Waals surface area contributed by atoms with Crippen LogP contribution in [0.25, 0.3) is 0 Å². The Balaban J connectivity index is 1.86. The molecule has 0 spiro atoms. The first kappa shape index (κ1) is 15.2. The molecule has 2 aliphatic heterocycles. The van der Waals surface area contributed by atoms with Gasteiger partial charge in [0.25, 0.3) is 0 Å². The molecule has 0 aromatic heterocycles. The van der Waals surface area contributed by atoms with Crippen LogP contribution in [0.15, 0.2) is 0 Å². The second-order valence-corrected chi connectivity index (χ2v) is 6.64. The molecule has 2 rings (SSSR count). The minimum atomic E-state index is -0.437. The van der Waals surface area contributed by atoms with E-state index in [0.29, 0.717) is 0 Å². The number of nitrogens with zero attached hydrogens (tertiary/aromatic N) is 2. The van der Waals surface area contributed by atoms with Gasteiger partial charge in [-0.3, -0.25) is 9.80 Å². The highest BCUT2D eigenvalue weighted by Gasteiger charge is 2.31. The maximum Gasteiger partial charge on any atom is 0.411 e. The predicted octanol–water partition coefficient (Wildman–Crippen LogP) is 2.49. The lowest BCUT2D eigenvalue weighted by Crippen LogP contribution is -2.39. The molecule has 2 fully saturated rings. The molecule has 0 radical (unpaired) electrons. The van der Waals surface area contributed by atoms with E-state index in [2.05, 4.69) is 16.7 Å². The molecule has 0 aromatic carbocycles. The molecule has 0 unspecified atom stereocenters. The first-order chi connectivity index (χ1) is 9.46. The third-order valence-corrected chi connectivity index (χ3v) is 3.65. The van der Waals surface area contributed by atoms with Crippen LogP contribution in [0.1, 0.15) is 46.5 Å². The molecule has 112 valence electrons. The Bertz CT molecular complexity index is 397. The topological polar surface area (TPSA) is 32.8 Å². The van der Waals surface area contributed by atoms with Crippen molar-refractivity contribution in [2.75, 3.05) is 26.2 Å². The number of hydrogen-bond donors (Lipinski definition) is 0.